The van der Waals surface area contributed by atoms with Crippen molar-refractivity contribution in [3.63, 3.8) is 0 Å². The van der Waals surface area contributed by atoms with E-state index in [0.717, 1.165) is 19.6 Å². The van der Waals surface area contributed by atoms with Crippen LogP contribution < -0.4 is 51.4 Å². The van der Waals surface area contributed by atoms with Gasteiger partial charge in [-0.2, -0.15) is 6.42 Å². The van der Waals surface area contributed by atoms with E-state index in [1.807, 2.05) is 0 Å². The molecule has 0 bridgehead atoms. The Labute approximate surface area is 273 Å². The molecule has 0 fully saturated rings. The van der Waals surface area contributed by atoms with E-state index >= 15 is 0 Å². The average Bonchev–Trinajstić information content (AvgIpc) is 2.78. The predicted molar refractivity (Wildman–Crippen MR) is 160 cm³/mol. The summed E-state index contributed by atoms with van der Waals surface area (Å²) in [6, 6.07) is 0. The molecule has 7 heteroatoms. The van der Waals surface area contributed by atoms with Gasteiger partial charge in [-0.3, -0.25) is 0 Å². The van der Waals surface area contributed by atoms with E-state index in [1.54, 1.807) is 0 Å². The summed E-state index contributed by atoms with van der Waals surface area (Å²) in [5, 5.41) is 0. The molecular weight excluding hydrogens is 519 g/mol. The van der Waals surface area contributed by atoms with Gasteiger partial charge < -0.3 is 21.4 Å². The normalized spacial score (nSPS) is 11.1. The van der Waals surface area contributed by atoms with E-state index in [4.69, 9.17) is 14.5 Å². The molecule has 2 N–H and O–H groups in total. The average molecular weight is 579 g/mol. The van der Waals surface area contributed by atoms with Gasteiger partial charge in [0.05, 0.1) is 0 Å². The van der Waals surface area contributed by atoms with E-state index < -0.39 is 5.69 Å². The summed E-state index contributed by atoms with van der Waals surface area (Å²) in [6.45, 7) is 8.18. The van der Waals surface area contributed by atoms with Crippen LogP contribution in [0.3, 0.4) is 0 Å². The van der Waals surface area contributed by atoms with Crippen LogP contribution >= 0.6 is 17.9 Å². The summed E-state index contributed by atoms with van der Waals surface area (Å²) < 4.78 is 5.81. The van der Waals surface area contributed by atoms with Crippen LogP contribution in [0.15, 0.2) is 0 Å². The quantitative estimate of drug-likeness (QED) is 0.0330. The zero-order chi connectivity index (χ0) is 25.6. The Bertz CT molecular complexity index is 377. The van der Waals surface area contributed by atoms with Gasteiger partial charge in [-0.15, -0.1) is 0 Å². The van der Waals surface area contributed by atoms with Gasteiger partial charge in [0, 0.05) is 13.2 Å². The maximum absolute atomic E-state index is 7.87. The van der Waals surface area contributed by atoms with Crippen molar-refractivity contribution >= 4 is 29.7 Å². The molecule has 0 spiro atoms. The smallest absolute Gasteiger partial charge is 0.381 e. The van der Waals surface area contributed by atoms with Crippen molar-refractivity contribution in [1.82, 2.24) is 0 Å². The minimum Gasteiger partial charge on any atom is -0.381 e. The second-order valence-corrected chi connectivity index (χ2v) is 14.8. The zero-order valence-corrected chi connectivity index (χ0v) is 29.4. The maximum Gasteiger partial charge on any atom is 1.00 e. The van der Waals surface area contributed by atoms with E-state index in [-0.39, 0.29) is 51.4 Å². The van der Waals surface area contributed by atoms with Crippen molar-refractivity contribution in [2.45, 2.75) is 161 Å². The van der Waals surface area contributed by atoms with E-state index in [0.29, 0.717) is 0 Å². The van der Waals surface area contributed by atoms with Crippen LogP contribution in [0.25, 0.3) is 0 Å². The Morgan fingerprint density at radius 3 is 1.06 bits per heavy atom. The number of unbranched alkanes of at least 4 members (excludes halogenated alkanes) is 22. The molecule has 3 nitrogen and oxygen atoms in total. The molecule has 0 atom stereocenters. The van der Waals surface area contributed by atoms with Crippen LogP contribution in [-0.4, -0.2) is 23.0 Å². The monoisotopic (exact) mass is 578 g/mol. The van der Waals surface area contributed by atoms with Crippen LogP contribution in [0.5, 0.6) is 0 Å². The molecule has 0 aliphatic carbocycles. The molecule has 0 aliphatic heterocycles. The summed E-state index contributed by atoms with van der Waals surface area (Å²) >= 11 is 7.07. The number of hydrogen-bond donors (Lipinski definition) is 3. The van der Waals surface area contributed by atoms with Crippen molar-refractivity contribution in [3.05, 3.63) is 6.92 Å². The topological polar surface area (TPSA) is 49.7 Å². The molecule has 0 aromatic heterocycles. The molecule has 0 aliphatic rings. The van der Waals surface area contributed by atoms with Gasteiger partial charge in [-0.25, -0.2) is 0 Å². The molecule has 0 aromatic rings. The van der Waals surface area contributed by atoms with Crippen molar-refractivity contribution in [2.24, 2.45) is 0 Å². The molecule has 0 heterocycles. The number of ether oxygens (including phenoxy) is 1. The Hall–Kier alpha value is 2.52. The zero-order valence-electron chi connectivity index (χ0n) is 23.7. The minimum absolute atomic E-state index is 0. The molecule has 35 heavy (non-hydrogen) atoms. The van der Waals surface area contributed by atoms with Crippen LogP contribution in [0.1, 0.15) is 161 Å². The van der Waals surface area contributed by atoms with Crippen molar-refractivity contribution < 1.29 is 65.9 Å². The van der Waals surface area contributed by atoms with Crippen LogP contribution in [-0.2, 0) is 16.5 Å². The fourth-order valence-electron chi connectivity index (χ4n) is 4.12. The largest absolute Gasteiger partial charge is 1.00 e. The van der Waals surface area contributed by atoms with Gasteiger partial charge in [-0.05, 0) is 24.6 Å². The SMILES string of the molecule is OP(O)(=S)S.[CH2-]CCCCCCCCCCCCCCOCCCCCCCCCCCCC.[K+]. The Morgan fingerprint density at radius 1 is 0.571 bits per heavy atom. The third kappa shape index (κ3) is 53.5. The first-order chi connectivity index (χ1) is 16.4. The van der Waals surface area contributed by atoms with Crippen molar-refractivity contribution in [3.8, 4) is 0 Å². The molecular formula is C28H60KO3PS2. The molecule has 0 saturated carbocycles. The fourth-order valence-corrected chi connectivity index (χ4v) is 4.12. The van der Waals surface area contributed by atoms with Gasteiger partial charge in [0.2, 0.25) is 5.69 Å². The third-order valence-corrected chi connectivity index (χ3v) is 6.18. The van der Waals surface area contributed by atoms with Crippen molar-refractivity contribution in [1.29, 1.82) is 0 Å². The minimum atomic E-state index is -3.11. The first-order valence-corrected chi connectivity index (χ1v) is 18.4. The van der Waals surface area contributed by atoms with Gasteiger partial charge in [0.25, 0.3) is 0 Å². The van der Waals surface area contributed by atoms with Crippen LogP contribution in [0.4, 0.5) is 0 Å². The Kier molecular flexibility index (Phi) is 43.8. The predicted octanol–water partition coefficient (Wildman–Crippen LogP) is 7.35. The Balaban J connectivity index is -0.00000154. The molecule has 208 valence electrons. The van der Waals surface area contributed by atoms with Gasteiger partial charge in [0.15, 0.2) is 0 Å². The maximum atomic E-state index is 7.87. The molecule has 0 amide bonds. The van der Waals surface area contributed by atoms with Gasteiger partial charge in [-0.1, -0.05) is 154 Å². The Morgan fingerprint density at radius 2 is 0.800 bits per heavy atom. The van der Waals surface area contributed by atoms with E-state index in [9.17, 15) is 0 Å². The van der Waals surface area contributed by atoms with Crippen LogP contribution in [0.2, 0.25) is 0 Å². The second-order valence-electron chi connectivity index (χ2n) is 9.76. The van der Waals surface area contributed by atoms with E-state index in [2.05, 4.69) is 37.9 Å². The van der Waals surface area contributed by atoms with E-state index in [1.165, 1.54) is 148 Å². The summed E-state index contributed by atoms with van der Waals surface area (Å²) in [5.41, 5.74) is -3.11. The number of rotatable bonds is 26. The van der Waals surface area contributed by atoms with Crippen molar-refractivity contribution in [2.75, 3.05) is 13.2 Å². The molecule has 0 unspecified atom stereocenters. The van der Waals surface area contributed by atoms with Gasteiger partial charge >= 0.3 is 51.4 Å². The summed E-state index contributed by atoms with van der Waals surface area (Å²) in [4.78, 5) is 15.7. The number of thiol groups is 1. The third-order valence-electron chi connectivity index (χ3n) is 6.18. The molecule has 0 saturated heterocycles. The second kappa shape index (κ2) is 36.5. The first kappa shape index (κ1) is 42.0. The molecule has 0 rings (SSSR count). The fraction of sp³-hybridized carbons (Fsp3) is 0.964. The van der Waals surface area contributed by atoms with Crippen LogP contribution in [0, 0.1) is 6.92 Å². The van der Waals surface area contributed by atoms with Gasteiger partial charge in [0.1, 0.15) is 0 Å². The summed E-state index contributed by atoms with van der Waals surface area (Å²) in [6.07, 6.45) is 33.5. The first-order valence-electron chi connectivity index (χ1n) is 14.6. The standard InChI is InChI=1S/C28H57O.K.H3O2PS2/c1-3-5-7-9-11-13-15-16-18-20-22-24-26-28-29-27-25-23-21-19-17-14-12-10-8-6-4-2;;1-3(2,4)5/h1,3-28H2,2H3;;(H3,1,2,4,5)/q-1;+1;. The summed E-state index contributed by atoms with van der Waals surface area (Å²) in [5.74, 6) is 0. The molecule has 0 radical (unpaired) electrons. The molecule has 0 aromatic carbocycles. The summed E-state index contributed by atoms with van der Waals surface area (Å²) in [7, 11) is 0. The number of hydrogen-bond acceptors (Lipinski definition) is 2.